The second-order valence-electron chi connectivity index (χ2n) is 2.01. The third kappa shape index (κ3) is 5.76. The monoisotopic (exact) mass is 133 g/mol. The van der Waals surface area contributed by atoms with Crippen molar-refractivity contribution in [2.24, 2.45) is 5.73 Å². The van der Waals surface area contributed by atoms with Crippen molar-refractivity contribution < 1.29 is 9.84 Å². The Morgan fingerprint density at radius 3 is 2.78 bits per heavy atom. The lowest BCUT2D eigenvalue weighted by Gasteiger charge is -2.07. The molecule has 0 amide bonds. The molecule has 0 fully saturated rings. The van der Waals surface area contributed by atoms with Gasteiger partial charge in [-0.05, 0) is 19.9 Å². The normalized spacial score (nSPS) is 13.7. The molecule has 1 unspecified atom stereocenters. The van der Waals surface area contributed by atoms with Gasteiger partial charge in [0.15, 0.2) is 0 Å². The molecule has 3 heteroatoms. The summed E-state index contributed by atoms with van der Waals surface area (Å²) < 4.78 is 5.10. The summed E-state index contributed by atoms with van der Waals surface area (Å²) in [7, 11) is 0. The Balaban J connectivity index is 2.88. The SMILES string of the molecule is CC(CO)OCCCN. The molecule has 0 aromatic heterocycles. The molecule has 9 heavy (non-hydrogen) atoms. The molecule has 1 atom stereocenters. The van der Waals surface area contributed by atoms with Gasteiger partial charge >= 0.3 is 0 Å². The van der Waals surface area contributed by atoms with Gasteiger partial charge in [0.25, 0.3) is 0 Å². The van der Waals surface area contributed by atoms with Crippen molar-refractivity contribution in [1.82, 2.24) is 0 Å². The van der Waals surface area contributed by atoms with Gasteiger partial charge in [0.1, 0.15) is 0 Å². The lowest BCUT2D eigenvalue weighted by Crippen LogP contribution is -2.15. The molecule has 0 saturated heterocycles. The van der Waals surface area contributed by atoms with Gasteiger partial charge in [-0.2, -0.15) is 0 Å². The van der Waals surface area contributed by atoms with Crippen molar-refractivity contribution in [3.05, 3.63) is 0 Å². The zero-order valence-electron chi connectivity index (χ0n) is 5.84. The van der Waals surface area contributed by atoms with Gasteiger partial charge in [0.2, 0.25) is 0 Å². The number of aliphatic hydroxyl groups excluding tert-OH is 1. The minimum Gasteiger partial charge on any atom is -0.394 e. The van der Waals surface area contributed by atoms with Crippen LogP contribution < -0.4 is 5.73 Å². The molecule has 0 saturated carbocycles. The van der Waals surface area contributed by atoms with E-state index in [0.29, 0.717) is 13.2 Å². The molecule has 0 radical (unpaired) electrons. The fourth-order valence-electron chi connectivity index (χ4n) is 0.421. The van der Waals surface area contributed by atoms with E-state index in [9.17, 15) is 0 Å². The van der Waals surface area contributed by atoms with Crippen LogP contribution in [0.2, 0.25) is 0 Å². The van der Waals surface area contributed by atoms with Crippen LogP contribution in [0.15, 0.2) is 0 Å². The molecule has 0 rings (SSSR count). The van der Waals surface area contributed by atoms with E-state index in [1.165, 1.54) is 0 Å². The van der Waals surface area contributed by atoms with Crippen LogP contribution in [0.1, 0.15) is 13.3 Å². The Hall–Kier alpha value is -0.120. The molecule has 0 aliphatic heterocycles. The maximum atomic E-state index is 8.48. The number of nitrogens with two attached hydrogens (primary N) is 1. The van der Waals surface area contributed by atoms with Crippen molar-refractivity contribution in [3.63, 3.8) is 0 Å². The molecule has 0 aromatic carbocycles. The summed E-state index contributed by atoms with van der Waals surface area (Å²) in [6.45, 7) is 3.22. The summed E-state index contributed by atoms with van der Waals surface area (Å²) in [5.41, 5.74) is 5.21. The summed E-state index contributed by atoms with van der Waals surface area (Å²) in [5.74, 6) is 0. The highest BCUT2D eigenvalue weighted by Gasteiger charge is 1.96. The first-order valence-electron chi connectivity index (χ1n) is 3.23. The van der Waals surface area contributed by atoms with Crippen molar-refractivity contribution in [1.29, 1.82) is 0 Å². The van der Waals surface area contributed by atoms with Crippen LogP contribution in [0.3, 0.4) is 0 Å². The second kappa shape index (κ2) is 6.01. The van der Waals surface area contributed by atoms with E-state index < -0.39 is 0 Å². The minimum atomic E-state index is -0.0449. The summed E-state index contributed by atoms with van der Waals surface area (Å²) in [5, 5.41) is 8.48. The van der Waals surface area contributed by atoms with Crippen LogP contribution in [0, 0.1) is 0 Å². The zero-order valence-corrected chi connectivity index (χ0v) is 5.84. The number of ether oxygens (including phenoxy) is 1. The van der Waals surface area contributed by atoms with Gasteiger partial charge in [-0.1, -0.05) is 0 Å². The van der Waals surface area contributed by atoms with E-state index in [4.69, 9.17) is 15.6 Å². The zero-order chi connectivity index (χ0) is 7.11. The molecular weight excluding hydrogens is 118 g/mol. The van der Waals surface area contributed by atoms with Crippen LogP contribution in [-0.4, -0.2) is 31.0 Å². The topological polar surface area (TPSA) is 55.5 Å². The third-order valence-corrected chi connectivity index (χ3v) is 1.01. The van der Waals surface area contributed by atoms with E-state index in [1.54, 1.807) is 0 Å². The number of hydrogen-bond acceptors (Lipinski definition) is 3. The van der Waals surface area contributed by atoms with Crippen molar-refractivity contribution >= 4 is 0 Å². The smallest absolute Gasteiger partial charge is 0.0777 e. The van der Waals surface area contributed by atoms with Gasteiger partial charge in [-0.3, -0.25) is 0 Å². The van der Waals surface area contributed by atoms with Crippen LogP contribution in [-0.2, 0) is 4.74 Å². The average Bonchev–Trinajstić information content (AvgIpc) is 1.89. The Bertz CT molecular complexity index is 59.0. The first-order valence-corrected chi connectivity index (χ1v) is 3.23. The molecule has 0 aliphatic carbocycles. The summed E-state index contributed by atoms with van der Waals surface area (Å²) in [4.78, 5) is 0. The van der Waals surface area contributed by atoms with Crippen LogP contribution in [0.4, 0.5) is 0 Å². The molecule has 56 valence electrons. The molecule has 0 heterocycles. The lowest BCUT2D eigenvalue weighted by atomic mass is 10.4. The standard InChI is InChI=1S/C6H15NO2/c1-6(5-8)9-4-2-3-7/h6,8H,2-5,7H2,1H3. The quantitative estimate of drug-likeness (QED) is 0.508. The second-order valence-corrected chi connectivity index (χ2v) is 2.01. The summed E-state index contributed by atoms with van der Waals surface area (Å²) in [6.07, 6.45) is 0.821. The maximum absolute atomic E-state index is 8.48. The van der Waals surface area contributed by atoms with Crippen LogP contribution in [0.25, 0.3) is 0 Å². The van der Waals surface area contributed by atoms with Crippen molar-refractivity contribution in [3.8, 4) is 0 Å². The fraction of sp³-hybridized carbons (Fsp3) is 1.00. The number of aliphatic hydroxyl groups is 1. The summed E-state index contributed by atoms with van der Waals surface area (Å²) >= 11 is 0. The van der Waals surface area contributed by atoms with Gasteiger partial charge in [0.05, 0.1) is 12.7 Å². The van der Waals surface area contributed by atoms with E-state index in [2.05, 4.69) is 0 Å². The molecule has 0 bridgehead atoms. The molecule has 0 spiro atoms. The van der Waals surface area contributed by atoms with Gasteiger partial charge in [-0.25, -0.2) is 0 Å². The van der Waals surface area contributed by atoms with Gasteiger partial charge in [-0.15, -0.1) is 0 Å². The molecule has 3 nitrogen and oxygen atoms in total. The van der Waals surface area contributed by atoms with Gasteiger partial charge < -0.3 is 15.6 Å². The van der Waals surface area contributed by atoms with E-state index in [1.807, 2.05) is 6.92 Å². The molecule has 0 aromatic rings. The molecule has 3 N–H and O–H groups in total. The number of hydrogen-bond donors (Lipinski definition) is 2. The predicted molar refractivity (Wildman–Crippen MR) is 36.2 cm³/mol. The fourth-order valence-corrected chi connectivity index (χ4v) is 0.421. The Kier molecular flexibility index (Phi) is 5.93. The largest absolute Gasteiger partial charge is 0.394 e. The van der Waals surface area contributed by atoms with Crippen LogP contribution >= 0.6 is 0 Å². The summed E-state index contributed by atoms with van der Waals surface area (Å²) in [6, 6.07) is 0. The van der Waals surface area contributed by atoms with Crippen molar-refractivity contribution in [2.75, 3.05) is 19.8 Å². The first kappa shape index (κ1) is 8.88. The highest BCUT2D eigenvalue weighted by Crippen LogP contribution is 1.88. The van der Waals surface area contributed by atoms with Gasteiger partial charge in [0, 0.05) is 6.61 Å². The molecule has 0 aliphatic rings. The average molecular weight is 133 g/mol. The predicted octanol–water partition coefficient (Wildman–Crippen LogP) is -0.267. The van der Waals surface area contributed by atoms with Crippen LogP contribution in [0.5, 0.6) is 0 Å². The van der Waals surface area contributed by atoms with E-state index >= 15 is 0 Å². The van der Waals surface area contributed by atoms with E-state index in [-0.39, 0.29) is 12.7 Å². The third-order valence-electron chi connectivity index (χ3n) is 1.01. The highest BCUT2D eigenvalue weighted by atomic mass is 16.5. The Labute approximate surface area is 55.8 Å². The number of rotatable bonds is 5. The molecular formula is C6H15NO2. The first-order chi connectivity index (χ1) is 4.31. The maximum Gasteiger partial charge on any atom is 0.0777 e. The Morgan fingerprint density at radius 1 is 1.67 bits per heavy atom. The van der Waals surface area contributed by atoms with E-state index in [0.717, 1.165) is 6.42 Å². The Morgan fingerprint density at radius 2 is 2.33 bits per heavy atom. The lowest BCUT2D eigenvalue weighted by molar-refractivity contribution is 0.0247. The van der Waals surface area contributed by atoms with Crippen molar-refractivity contribution in [2.45, 2.75) is 19.4 Å². The highest BCUT2D eigenvalue weighted by molar-refractivity contribution is 4.44. The minimum absolute atomic E-state index is 0.0449.